The fraction of sp³-hybridized carbons (Fsp3) is 0.562. The van der Waals surface area contributed by atoms with Crippen molar-refractivity contribution in [1.29, 1.82) is 0 Å². The number of unbranched alkanes of at least 4 members (excludes halogenated alkanes) is 1. The predicted molar refractivity (Wildman–Crippen MR) is 79.4 cm³/mol. The summed E-state index contributed by atoms with van der Waals surface area (Å²) in [6.45, 7) is 2.87. The van der Waals surface area contributed by atoms with Crippen LogP contribution in [0.3, 0.4) is 0 Å². The van der Waals surface area contributed by atoms with E-state index in [1.54, 1.807) is 13.0 Å². The van der Waals surface area contributed by atoms with Crippen molar-refractivity contribution in [3.05, 3.63) is 35.1 Å². The maximum atomic E-state index is 13.5. The van der Waals surface area contributed by atoms with Crippen molar-refractivity contribution in [3.63, 3.8) is 0 Å². The van der Waals surface area contributed by atoms with Gasteiger partial charge in [0.2, 0.25) is 0 Å². The summed E-state index contributed by atoms with van der Waals surface area (Å²) in [7, 11) is 0. The summed E-state index contributed by atoms with van der Waals surface area (Å²) in [5.41, 5.74) is 1.37. The number of urea groups is 1. The third kappa shape index (κ3) is 4.70. The molecule has 1 aliphatic rings. The van der Waals surface area contributed by atoms with Crippen molar-refractivity contribution in [2.45, 2.75) is 45.2 Å². The lowest BCUT2D eigenvalue weighted by Gasteiger charge is -2.22. The van der Waals surface area contributed by atoms with Crippen LogP contribution in [0.15, 0.2) is 18.2 Å². The lowest BCUT2D eigenvalue weighted by molar-refractivity contribution is 0.190. The Bertz CT molecular complexity index is 489. The largest absolute Gasteiger partial charge is 0.396 e. The van der Waals surface area contributed by atoms with E-state index in [1.807, 2.05) is 11.0 Å². The summed E-state index contributed by atoms with van der Waals surface area (Å²) < 4.78 is 13.5. The van der Waals surface area contributed by atoms with Gasteiger partial charge in [0.15, 0.2) is 0 Å². The highest BCUT2D eigenvalue weighted by molar-refractivity contribution is 5.74. The number of nitrogens with zero attached hydrogens (tertiary/aromatic N) is 1. The molecule has 1 fully saturated rings. The number of aliphatic hydroxyl groups is 1. The van der Waals surface area contributed by atoms with Crippen LogP contribution in [0.4, 0.5) is 9.18 Å². The second-order valence-electron chi connectivity index (χ2n) is 5.60. The molecule has 0 atom stereocenters. The van der Waals surface area contributed by atoms with Crippen molar-refractivity contribution < 1.29 is 14.3 Å². The smallest absolute Gasteiger partial charge is 0.317 e. The van der Waals surface area contributed by atoms with Gasteiger partial charge in [-0.2, -0.15) is 0 Å². The molecule has 0 bridgehead atoms. The van der Waals surface area contributed by atoms with E-state index < -0.39 is 0 Å². The van der Waals surface area contributed by atoms with Crippen LogP contribution in [-0.2, 0) is 6.54 Å². The number of rotatable bonds is 7. The monoisotopic (exact) mass is 294 g/mol. The highest BCUT2D eigenvalue weighted by Gasteiger charge is 2.31. The minimum absolute atomic E-state index is 0.101. The quantitative estimate of drug-likeness (QED) is 0.759. The SMILES string of the molecule is Cc1ccc(CNC(=O)N(CCCCO)C2CC2)cc1F. The van der Waals surface area contributed by atoms with Crippen LogP contribution in [0.5, 0.6) is 0 Å². The Labute approximate surface area is 125 Å². The average molecular weight is 294 g/mol. The Morgan fingerprint density at radius 1 is 1.43 bits per heavy atom. The molecular formula is C16H23FN2O2. The Morgan fingerprint density at radius 3 is 2.81 bits per heavy atom. The van der Waals surface area contributed by atoms with E-state index >= 15 is 0 Å². The third-order valence-corrected chi connectivity index (χ3v) is 3.74. The minimum Gasteiger partial charge on any atom is -0.396 e. The highest BCUT2D eigenvalue weighted by atomic mass is 19.1. The number of hydrogen-bond donors (Lipinski definition) is 2. The van der Waals surface area contributed by atoms with Crippen molar-refractivity contribution >= 4 is 6.03 Å². The van der Waals surface area contributed by atoms with Gasteiger partial charge in [-0.1, -0.05) is 12.1 Å². The number of halogens is 1. The molecule has 116 valence electrons. The molecule has 21 heavy (non-hydrogen) atoms. The molecule has 2 rings (SSSR count). The molecule has 1 aromatic carbocycles. The van der Waals surface area contributed by atoms with E-state index in [1.165, 1.54) is 6.07 Å². The molecule has 0 aromatic heterocycles. The second-order valence-corrected chi connectivity index (χ2v) is 5.60. The number of aliphatic hydroxyl groups excluding tert-OH is 1. The zero-order chi connectivity index (χ0) is 15.2. The zero-order valence-electron chi connectivity index (χ0n) is 12.4. The number of amides is 2. The number of carbonyl (C=O) groups is 1. The lowest BCUT2D eigenvalue weighted by atomic mass is 10.1. The molecule has 4 nitrogen and oxygen atoms in total. The summed E-state index contributed by atoms with van der Waals surface area (Å²) in [6.07, 6.45) is 3.61. The van der Waals surface area contributed by atoms with Crippen LogP contribution in [0.2, 0.25) is 0 Å². The van der Waals surface area contributed by atoms with Crippen LogP contribution in [0, 0.1) is 12.7 Å². The first-order valence-corrected chi connectivity index (χ1v) is 7.52. The van der Waals surface area contributed by atoms with Gasteiger partial charge in [0.1, 0.15) is 5.82 Å². The van der Waals surface area contributed by atoms with Gasteiger partial charge < -0.3 is 15.3 Å². The normalized spacial score (nSPS) is 14.0. The van der Waals surface area contributed by atoms with Gasteiger partial charge in [-0.05, 0) is 49.8 Å². The van der Waals surface area contributed by atoms with Crippen LogP contribution in [0.1, 0.15) is 36.8 Å². The Kier molecular flexibility index (Phi) is 5.56. The van der Waals surface area contributed by atoms with Gasteiger partial charge in [-0.25, -0.2) is 9.18 Å². The second kappa shape index (κ2) is 7.41. The molecule has 1 saturated carbocycles. The van der Waals surface area contributed by atoms with Crippen LogP contribution in [0.25, 0.3) is 0 Å². The van der Waals surface area contributed by atoms with E-state index in [9.17, 15) is 9.18 Å². The first-order chi connectivity index (χ1) is 10.1. The molecule has 1 aromatic rings. The average Bonchev–Trinajstić information content (AvgIpc) is 3.29. The number of aryl methyl sites for hydroxylation is 1. The number of carbonyl (C=O) groups excluding carboxylic acids is 1. The van der Waals surface area contributed by atoms with Crippen LogP contribution in [-0.4, -0.2) is 35.2 Å². The van der Waals surface area contributed by atoms with E-state index in [0.29, 0.717) is 31.1 Å². The fourth-order valence-corrected chi connectivity index (χ4v) is 2.26. The lowest BCUT2D eigenvalue weighted by Crippen LogP contribution is -2.41. The summed E-state index contributed by atoms with van der Waals surface area (Å²) in [5, 5.41) is 11.7. The molecule has 0 radical (unpaired) electrons. The maximum absolute atomic E-state index is 13.5. The van der Waals surface area contributed by atoms with Gasteiger partial charge >= 0.3 is 6.03 Å². The number of hydrogen-bond acceptors (Lipinski definition) is 2. The van der Waals surface area contributed by atoms with Gasteiger partial charge in [-0.3, -0.25) is 0 Å². The first-order valence-electron chi connectivity index (χ1n) is 7.52. The molecule has 1 aliphatic carbocycles. The molecule has 0 heterocycles. The van der Waals surface area contributed by atoms with Crippen LogP contribution < -0.4 is 5.32 Å². The van der Waals surface area contributed by atoms with Gasteiger partial charge in [-0.15, -0.1) is 0 Å². The highest BCUT2D eigenvalue weighted by Crippen LogP contribution is 2.27. The van der Waals surface area contributed by atoms with Gasteiger partial charge in [0.25, 0.3) is 0 Å². The van der Waals surface area contributed by atoms with E-state index in [-0.39, 0.29) is 18.5 Å². The molecule has 0 spiro atoms. The van der Waals surface area contributed by atoms with E-state index in [2.05, 4.69) is 5.32 Å². The first kappa shape index (κ1) is 15.8. The van der Waals surface area contributed by atoms with Crippen molar-refractivity contribution in [2.75, 3.05) is 13.2 Å². The summed E-state index contributed by atoms with van der Waals surface area (Å²) in [5.74, 6) is -0.247. The summed E-state index contributed by atoms with van der Waals surface area (Å²) >= 11 is 0. The van der Waals surface area contributed by atoms with Gasteiger partial charge in [0.05, 0.1) is 0 Å². The molecule has 0 aliphatic heterocycles. The Morgan fingerprint density at radius 2 is 2.19 bits per heavy atom. The van der Waals surface area contributed by atoms with E-state index in [0.717, 1.165) is 24.8 Å². The predicted octanol–water partition coefficient (Wildman–Crippen LogP) is 2.58. The number of benzene rings is 1. The fourth-order valence-electron chi connectivity index (χ4n) is 2.26. The third-order valence-electron chi connectivity index (χ3n) is 3.74. The van der Waals surface area contributed by atoms with Crippen molar-refractivity contribution in [3.8, 4) is 0 Å². The summed E-state index contributed by atoms with van der Waals surface area (Å²) in [6, 6.07) is 5.24. The number of nitrogens with one attached hydrogen (secondary N) is 1. The maximum Gasteiger partial charge on any atom is 0.317 e. The molecule has 0 saturated heterocycles. The minimum atomic E-state index is -0.247. The molecule has 2 N–H and O–H groups in total. The van der Waals surface area contributed by atoms with E-state index in [4.69, 9.17) is 5.11 Å². The Hall–Kier alpha value is -1.62. The molecule has 0 unspecified atom stereocenters. The van der Waals surface area contributed by atoms with Crippen molar-refractivity contribution in [2.24, 2.45) is 0 Å². The molecular weight excluding hydrogens is 271 g/mol. The van der Waals surface area contributed by atoms with Crippen LogP contribution >= 0.6 is 0 Å². The Balaban J connectivity index is 1.85. The standard InChI is InChI=1S/C16H23FN2O2/c1-12-4-5-13(10-15(12)17)11-18-16(21)19(14-6-7-14)8-2-3-9-20/h4-5,10,14,20H,2-3,6-9,11H2,1H3,(H,18,21). The zero-order valence-corrected chi connectivity index (χ0v) is 12.4. The molecule has 5 heteroatoms. The molecule has 2 amide bonds. The topological polar surface area (TPSA) is 52.6 Å². The van der Waals surface area contributed by atoms with Gasteiger partial charge in [0, 0.05) is 25.7 Å². The summed E-state index contributed by atoms with van der Waals surface area (Å²) in [4.78, 5) is 14.0. The van der Waals surface area contributed by atoms with Crippen molar-refractivity contribution in [1.82, 2.24) is 10.2 Å².